The molecule has 4 rings (SSSR count). The first kappa shape index (κ1) is 17.2. The molecule has 0 bridgehead atoms. The lowest BCUT2D eigenvalue weighted by Gasteiger charge is -2.22. The number of hydrogen-bond acceptors (Lipinski definition) is 4. The standard InChI is InChI=1S/C22H21N3O2/c1-12-11-27-15(4)19(13(12)2)17-8-18-20(14(3)25-22(18)24-10-17)21(26)16-6-5-7-23-9-16/h5-10H,11H2,1-4H3,(H,24,25). The minimum atomic E-state index is -0.0557. The molecule has 0 unspecified atom stereocenters. The average Bonchev–Trinajstić information content (AvgIpc) is 3.00. The number of aromatic amines is 1. The van der Waals surface area contributed by atoms with Crippen LogP contribution in [0.15, 0.2) is 53.7 Å². The third-order valence-electron chi connectivity index (χ3n) is 5.15. The molecule has 0 fully saturated rings. The van der Waals surface area contributed by atoms with Gasteiger partial charge in [-0.1, -0.05) is 0 Å². The number of hydrogen-bond donors (Lipinski definition) is 1. The van der Waals surface area contributed by atoms with Gasteiger partial charge in [0.05, 0.1) is 5.56 Å². The summed E-state index contributed by atoms with van der Waals surface area (Å²) in [5.41, 5.74) is 7.12. The van der Waals surface area contributed by atoms with Crippen LogP contribution in [0.5, 0.6) is 0 Å². The predicted molar refractivity (Wildman–Crippen MR) is 105 cm³/mol. The van der Waals surface area contributed by atoms with Crippen LogP contribution in [0.25, 0.3) is 16.6 Å². The summed E-state index contributed by atoms with van der Waals surface area (Å²) in [6.45, 7) is 8.66. The van der Waals surface area contributed by atoms with Crippen LogP contribution in [0.2, 0.25) is 0 Å². The van der Waals surface area contributed by atoms with Gasteiger partial charge in [0.15, 0.2) is 5.78 Å². The Labute approximate surface area is 157 Å². The van der Waals surface area contributed by atoms with Crippen LogP contribution >= 0.6 is 0 Å². The Morgan fingerprint density at radius 2 is 2.00 bits per heavy atom. The molecule has 1 aliphatic heterocycles. The summed E-state index contributed by atoms with van der Waals surface area (Å²) in [4.78, 5) is 24.9. The molecule has 1 N–H and O–H groups in total. The topological polar surface area (TPSA) is 67.9 Å². The molecule has 0 aliphatic carbocycles. The fourth-order valence-electron chi connectivity index (χ4n) is 3.56. The van der Waals surface area contributed by atoms with Crippen molar-refractivity contribution in [3.05, 3.63) is 76.1 Å². The van der Waals surface area contributed by atoms with Gasteiger partial charge >= 0.3 is 0 Å². The third-order valence-corrected chi connectivity index (χ3v) is 5.15. The van der Waals surface area contributed by atoms with E-state index in [4.69, 9.17) is 4.74 Å². The van der Waals surface area contributed by atoms with Gasteiger partial charge in [0.25, 0.3) is 0 Å². The number of pyridine rings is 2. The fourth-order valence-corrected chi connectivity index (χ4v) is 3.56. The number of fused-ring (bicyclic) bond motifs is 1. The van der Waals surface area contributed by atoms with Crippen LogP contribution in [0, 0.1) is 6.92 Å². The maximum Gasteiger partial charge on any atom is 0.197 e. The van der Waals surface area contributed by atoms with E-state index in [0.29, 0.717) is 23.4 Å². The van der Waals surface area contributed by atoms with Gasteiger partial charge in [0.1, 0.15) is 18.0 Å². The molecule has 5 heteroatoms. The highest BCUT2D eigenvalue weighted by molar-refractivity contribution is 6.17. The number of ether oxygens (including phenoxy) is 1. The van der Waals surface area contributed by atoms with Crippen molar-refractivity contribution in [2.45, 2.75) is 27.7 Å². The largest absolute Gasteiger partial charge is 0.493 e. The first-order valence-electron chi connectivity index (χ1n) is 8.91. The van der Waals surface area contributed by atoms with Crippen LogP contribution in [0.3, 0.4) is 0 Å². The van der Waals surface area contributed by atoms with Gasteiger partial charge in [-0.05, 0) is 57.0 Å². The molecule has 0 radical (unpaired) electrons. The number of aryl methyl sites for hydroxylation is 1. The maximum absolute atomic E-state index is 13.1. The number of nitrogens with zero attached hydrogens (tertiary/aromatic N) is 2. The van der Waals surface area contributed by atoms with E-state index in [9.17, 15) is 4.79 Å². The van der Waals surface area contributed by atoms with Gasteiger partial charge in [-0.15, -0.1) is 0 Å². The molecule has 1 aliphatic rings. The zero-order valence-corrected chi connectivity index (χ0v) is 15.9. The Morgan fingerprint density at radius 3 is 2.74 bits per heavy atom. The summed E-state index contributed by atoms with van der Waals surface area (Å²) >= 11 is 0. The molecule has 0 saturated carbocycles. The molecule has 3 aromatic heterocycles. The molecule has 0 saturated heterocycles. The Balaban J connectivity index is 1.90. The van der Waals surface area contributed by atoms with Crippen molar-refractivity contribution in [3.63, 3.8) is 0 Å². The van der Waals surface area contributed by atoms with Gasteiger partial charge in [-0.2, -0.15) is 0 Å². The monoisotopic (exact) mass is 359 g/mol. The van der Waals surface area contributed by atoms with E-state index >= 15 is 0 Å². The Hall–Kier alpha value is -3.21. The molecule has 27 heavy (non-hydrogen) atoms. The van der Waals surface area contributed by atoms with Crippen LogP contribution in [-0.4, -0.2) is 27.3 Å². The van der Waals surface area contributed by atoms with Crippen molar-refractivity contribution in [1.82, 2.24) is 15.0 Å². The molecule has 4 heterocycles. The van der Waals surface area contributed by atoms with Crippen LogP contribution in [-0.2, 0) is 4.74 Å². The molecular weight excluding hydrogens is 338 g/mol. The number of H-pyrrole nitrogens is 1. The zero-order valence-electron chi connectivity index (χ0n) is 15.9. The number of rotatable bonds is 3. The number of carbonyl (C=O) groups excluding carboxylic acids is 1. The number of ketones is 1. The molecule has 0 amide bonds. The van der Waals surface area contributed by atoms with Gasteiger partial charge in [-0.25, -0.2) is 4.98 Å². The second-order valence-corrected chi connectivity index (χ2v) is 6.94. The lowest BCUT2D eigenvalue weighted by molar-refractivity contribution is 0.103. The third kappa shape index (κ3) is 2.85. The maximum atomic E-state index is 13.1. The minimum absolute atomic E-state index is 0.0557. The Morgan fingerprint density at radius 1 is 1.19 bits per heavy atom. The summed E-state index contributed by atoms with van der Waals surface area (Å²) in [6, 6.07) is 5.58. The zero-order chi connectivity index (χ0) is 19.1. The van der Waals surface area contributed by atoms with E-state index < -0.39 is 0 Å². The Bertz CT molecular complexity index is 1120. The molecule has 3 aromatic rings. The van der Waals surface area contributed by atoms with Crippen molar-refractivity contribution >= 4 is 22.4 Å². The van der Waals surface area contributed by atoms with E-state index in [1.807, 2.05) is 26.1 Å². The van der Waals surface area contributed by atoms with Crippen molar-refractivity contribution < 1.29 is 9.53 Å². The highest BCUT2D eigenvalue weighted by Crippen LogP contribution is 2.35. The first-order valence-corrected chi connectivity index (χ1v) is 8.91. The highest BCUT2D eigenvalue weighted by atomic mass is 16.5. The summed E-state index contributed by atoms with van der Waals surface area (Å²) in [7, 11) is 0. The second-order valence-electron chi connectivity index (χ2n) is 6.94. The lowest BCUT2D eigenvalue weighted by Crippen LogP contribution is -2.08. The van der Waals surface area contributed by atoms with Crippen molar-refractivity contribution in [3.8, 4) is 0 Å². The van der Waals surface area contributed by atoms with Gasteiger partial charge in [0, 0.05) is 46.4 Å². The molecule has 0 aromatic carbocycles. The quantitative estimate of drug-likeness (QED) is 0.694. The van der Waals surface area contributed by atoms with Crippen molar-refractivity contribution in [2.75, 3.05) is 6.61 Å². The average molecular weight is 359 g/mol. The Kier molecular flexibility index (Phi) is 4.15. The summed E-state index contributed by atoms with van der Waals surface area (Å²) in [5, 5.41) is 0.815. The van der Waals surface area contributed by atoms with Crippen LogP contribution in [0.4, 0.5) is 0 Å². The molecular formula is C22H21N3O2. The normalized spacial score (nSPS) is 14.7. The second kappa shape index (κ2) is 6.50. The van der Waals surface area contributed by atoms with Crippen molar-refractivity contribution in [2.24, 2.45) is 0 Å². The summed E-state index contributed by atoms with van der Waals surface area (Å²) in [5.74, 6) is 0.825. The predicted octanol–water partition coefficient (Wildman–Crippen LogP) is 4.59. The molecule has 0 atom stereocenters. The SMILES string of the molecule is CC1=C(C)C(c2cnc3[nH]c(C)c(C(=O)c4cccnc4)c3c2)=C(C)OC1. The first-order chi connectivity index (χ1) is 13.0. The number of allylic oxidation sites excluding steroid dienone is 3. The minimum Gasteiger partial charge on any atom is -0.493 e. The number of aromatic nitrogens is 3. The highest BCUT2D eigenvalue weighted by Gasteiger charge is 2.22. The smallest absolute Gasteiger partial charge is 0.197 e. The van der Waals surface area contributed by atoms with Crippen LogP contribution < -0.4 is 0 Å². The van der Waals surface area contributed by atoms with E-state index in [0.717, 1.165) is 28.0 Å². The van der Waals surface area contributed by atoms with Gasteiger partial charge in [0.2, 0.25) is 0 Å². The molecule has 0 spiro atoms. The van der Waals surface area contributed by atoms with Crippen molar-refractivity contribution in [1.29, 1.82) is 0 Å². The summed E-state index contributed by atoms with van der Waals surface area (Å²) in [6.07, 6.45) is 5.09. The number of nitrogens with one attached hydrogen (secondary N) is 1. The lowest BCUT2D eigenvalue weighted by atomic mass is 9.93. The molecule has 136 valence electrons. The number of carbonyl (C=O) groups is 1. The van der Waals surface area contributed by atoms with E-state index in [-0.39, 0.29) is 5.78 Å². The van der Waals surface area contributed by atoms with Gasteiger partial charge < -0.3 is 9.72 Å². The fraction of sp³-hybridized carbons (Fsp3) is 0.227. The van der Waals surface area contributed by atoms with Gasteiger partial charge in [-0.3, -0.25) is 9.78 Å². The van der Waals surface area contributed by atoms with E-state index in [2.05, 4.69) is 28.8 Å². The van der Waals surface area contributed by atoms with Crippen LogP contribution in [0.1, 0.15) is 48.0 Å². The van der Waals surface area contributed by atoms with E-state index in [1.54, 1.807) is 24.5 Å². The van der Waals surface area contributed by atoms with E-state index in [1.165, 1.54) is 11.1 Å². The summed E-state index contributed by atoms with van der Waals surface area (Å²) < 4.78 is 5.80. The molecule has 5 nitrogen and oxygen atoms in total.